The number of halogens is 2. The van der Waals surface area contributed by atoms with Crippen molar-refractivity contribution in [1.82, 2.24) is 9.97 Å². The van der Waals surface area contributed by atoms with Crippen molar-refractivity contribution >= 4 is 23.2 Å². The lowest BCUT2D eigenvalue weighted by molar-refractivity contribution is 0.105. The monoisotopic (exact) mass is 232 g/mol. The SMILES string of the molecule is Cc1c(Cl)nc(C2CCCO2)nc1Cl. The molecule has 1 aromatic heterocycles. The zero-order chi connectivity index (χ0) is 10.1. The highest BCUT2D eigenvalue weighted by Crippen LogP contribution is 2.29. The van der Waals surface area contributed by atoms with E-state index in [0.29, 0.717) is 16.1 Å². The van der Waals surface area contributed by atoms with E-state index in [-0.39, 0.29) is 6.10 Å². The number of hydrogen-bond acceptors (Lipinski definition) is 3. The summed E-state index contributed by atoms with van der Waals surface area (Å²) >= 11 is 11.8. The summed E-state index contributed by atoms with van der Waals surface area (Å²) < 4.78 is 5.45. The van der Waals surface area contributed by atoms with E-state index in [1.54, 1.807) is 6.92 Å². The van der Waals surface area contributed by atoms with E-state index in [4.69, 9.17) is 27.9 Å². The van der Waals surface area contributed by atoms with Gasteiger partial charge in [-0.25, -0.2) is 9.97 Å². The summed E-state index contributed by atoms with van der Waals surface area (Å²) in [6.45, 7) is 2.56. The van der Waals surface area contributed by atoms with Crippen LogP contribution in [0.15, 0.2) is 0 Å². The van der Waals surface area contributed by atoms with Gasteiger partial charge in [-0.3, -0.25) is 0 Å². The Morgan fingerprint density at radius 2 is 1.93 bits per heavy atom. The Bertz CT molecular complexity index is 328. The van der Waals surface area contributed by atoms with Gasteiger partial charge in [0, 0.05) is 12.2 Å². The molecular formula is C9H10Cl2N2O. The van der Waals surface area contributed by atoms with Gasteiger partial charge >= 0.3 is 0 Å². The van der Waals surface area contributed by atoms with Crippen molar-refractivity contribution in [2.24, 2.45) is 0 Å². The van der Waals surface area contributed by atoms with E-state index in [0.717, 1.165) is 25.0 Å². The molecule has 14 heavy (non-hydrogen) atoms. The molecule has 1 atom stereocenters. The fourth-order valence-corrected chi connectivity index (χ4v) is 1.80. The Labute approximate surface area is 92.4 Å². The van der Waals surface area contributed by atoms with Gasteiger partial charge in [-0.2, -0.15) is 0 Å². The fourth-order valence-electron chi connectivity index (χ4n) is 1.40. The number of nitrogens with zero attached hydrogens (tertiary/aromatic N) is 2. The fraction of sp³-hybridized carbons (Fsp3) is 0.556. The van der Waals surface area contributed by atoms with Crippen LogP contribution in [0.1, 0.15) is 30.3 Å². The quantitative estimate of drug-likeness (QED) is 0.699. The number of rotatable bonds is 1. The molecule has 3 nitrogen and oxygen atoms in total. The third-order valence-corrected chi connectivity index (χ3v) is 3.00. The average molecular weight is 233 g/mol. The maximum absolute atomic E-state index is 5.91. The minimum Gasteiger partial charge on any atom is -0.370 e. The molecule has 0 saturated carbocycles. The highest BCUT2D eigenvalue weighted by atomic mass is 35.5. The molecule has 2 rings (SSSR count). The van der Waals surface area contributed by atoms with Gasteiger partial charge in [-0.1, -0.05) is 23.2 Å². The molecule has 0 amide bonds. The molecule has 1 aliphatic rings. The standard InChI is InChI=1S/C9H10Cl2N2O/c1-5-7(10)12-9(13-8(5)11)6-3-2-4-14-6/h6H,2-4H2,1H3. The molecule has 2 heterocycles. The zero-order valence-electron chi connectivity index (χ0n) is 7.76. The maximum Gasteiger partial charge on any atom is 0.160 e. The topological polar surface area (TPSA) is 35.0 Å². The molecule has 1 aliphatic heterocycles. The minimum atomic E-state index is -0.0365. The molecule has 0 spiro atoms. The van der Waals surface area contributed by atoms with Crippen molar-refractivity contribution in [2.75, 3.05) is 6.61 Å². The van der Waals surface area contributed by atoms with Crippen LogP contribution in [0.4, 0.5) is 0 Å². The molecule has 0 aromatic carbocycles. The molecule has 76 valence electrons. The summed E-state index contributed by atoms with van der Waals surface area (Å²) in [7, 11) is 0. The number of hydrogen-bond donors (Lipinski definition) is 0. The highest BCUT2D eigenvalue weighted by Gasteiger charge is 2.22. The molecular weight excluding hydrogens is 223 g/mol. The van der Waals surface area contributed by atoms with Crippen LogP contribution in [0.5, 0.6) is 0 Å². The Morgan fingerprint density at radius 3 is 2.43 bits per heavy atom. The van der Waals surface area contributed by atoms with Gasteiger partial charge in [0.25, 0.3) is 0 Å². The van der Waals surface area contributed by atoms with Gasteiger partial charge in [0.05, 0.1) is 0 Å². The summed E-state index contributed by atoms with van der Waals surface area (Å²) in [5.41, 5.74) is 0.718. The van der Waals surface area contributed by atoms with Crippen LogP contribution in [0.25, 0.3) is 0 Å². The van der Waals surface area contributed by atoms with Gasteiger partial charge in [-0.05, 0) is 19.8 Å². The predicted molar refractivity (Wildman–Crippen MR) is 54.7 cm³/mol. The van der Waals surface area contributed by atoms with Crippen molar-refractivity contribution in [3.8, 4) is 0 Å². The lowest BCUT2D eigenvalue weighted by atomic mass is 10.2. The molecule has 1 saturated heterocycles. The Morgan fingerprint density at radius 1 is 1.29 bits per heavy atom. The third kappa shape index (κ3) is 1.85. The van der Waals surface area contributed by atoms with Crippen LogP contribution < -0.4 is 0 Å². The number of aromatic nitrogens is 2. The second kappa shape index (κ2) is 4.01. The maximum atomic E-state index is 5.91. The molecule has 5 heteroatoms. The second-order valence-electron chi connectivity index (χ2n) is 3.29. The van der Waals surface area contributed by atoms with Gasteiger partial charge in [-0.15, -0.1) is 0 Å². The van der Waals surface area contributed by atoms with E-state index in [1.807, 2.05) is 0 Å². The van der Waals surface area contributed by atoms with Crippen molar-refractivity contribution in [2.45, 2.75) is 25.9 Å². The van der Waals surface area contributed by atoms with Crippen LogP contribution in [-0.4, -0.2) is 16.6 Å². The largest absolute Gasteiger partial charge is 0.370 e. The van der Waals surface area contributed by atoms with Crippen LogP contribution in [0, 0.1) is 6.92 Å². The van der Waals surface area contributed by atoms with Crippen LogP contribution >= 0.6 is 23.2 Å². The van der Waals surface area contributed by atoms with E-state index < -0.39 is 0 Å². The van der Waals surface area contributed by atoms with Crippen LogP contribution in [-0.2, 0) is 4.74 Å². The first-order valence-electron chi connectivity index (χ1n) is 4.49. The average Bonchev–Trinajstić information content (AvgIpc) is 2.66. The summed E-state index contributed by atoms with van der Waals surface area (Å²) in [6.07, 6.45) is 1.94. The van der Waals surface area contributed by atoms with Crippen LogP contribution in [0.2, 0.25) is 10.3 Å². The molecule has 1 aromatic rings. The molecule has 0 N–H and O–H groups in total. The second-order valence-corrected chi connectivity index (χ2v) is 4.01. The van der Waals surface area contributed by atoms with Crippen molar-refractivity contribution in [3.63, 3.8) is 0 Å². The van der Waals surface area contributed by atoms with Crippen molar-refractivity contribution < 1.29 is 4.74 Å². The lowest BCUT2D eigenvalue weighted by Crippen LogP contribution is -2.04. The first-order valence-corrected chi connectivity index (χ1v) is 5.25. The Balaban J connectivity index is 2.34. The lowest BCUT2D eigenvalue weighted by Gasteiger charge is -2.09. The summed E-state index contributed by atoms with van der Waals surface area (Å²) in [4.78, 5) is 8.32. The summed E-state index contributed by atoms with van der Waals surface area (Å²) in [6, 6.07) is 0. The van der Waals surface area contributed by atoms with Gasteiger partial charge in [0.2, 0.25) is 0 Å². The van der Waals surface area contributed by atoms with Crippen LogP contribution in [0.3, 0.4) is 0 Å². The third-order valence-electron chi connectivity index (χ3n) is 2.26. The normalized spacial score (nSPS) is 21.5. The zero-order valence-corrected chi connectivity index (χ0v) is 9.27. The van der Waals surface area contributed by atoms with E-state index in [9.17, 15) is 0 Å². The highest BCUT2D eigenvalue weighted by molar-refractivity contribution is 6.34. The predicted octanol–water partition coefficient (Wildman–Crippen LogP) is 2.94. The smallest absolute Gasteiger partial charge is 0.160 e. The van der Waals surface area contributed by atoms with Gasteiger partial charge < -0.3 is 4.74 Å². The summed E-state index contributed by atoms with van der Waals surface area (Å²) in [5.74, 6) is 0.600. The first-order chi connectivity index (χ1) is 6.68. The molecule has 1 unspecified atom stereocenters. The van der Waals surface area contributed by atoms with Gasteiger partial charge in [0.1, 0.15) is 16.4 Å². The minimum absolute atomic E-state index is 0.0365. The summed E-state index contributed by atoms with van der Waals surface area (Å²) in [5, 5.41) is 0.825. The Kier molecular flexibility index (Phi) is 2.91. The molecule has 0 aliphatic carbocycles. The van der Waals surface area contributed by atoms with Gasteiger partial charge in [0.15, 0.2) is 5.82 Å². The molecule has 0 radical (unpaired) electrons. The molecule has 1 fully saturated rings. The number of ether oxygens (including phenoxy) is 1. The van der Waals surface area contributed by atoms with Crippen molar-refractivity contribution in [1.29, 1.82) is 0 Å². The molecule has 0 bridgehead atoms. The van der Waals surface area contributed by atoms with E-state index in [2.05, 4.69) is 9.97 Å². The Hall–Kier alpha value is -0.380. The first kappa shape index (κ1) is 10.1. The van der Waals surface area contributed by atoms with E-state index >= 15 is 0 Å². The van der Waals surface area contributed by atoms with Crippen molar-refractivity contribution in [3.05, 3.63) is 21.7 Å². The van der Waals surface area contributed by atoms with E-state index in [1.165, 1.54) is 0 Å².